The summed E-state index contributed by atoms with van der Waals surface area (Å²) in [4.78, 5) is 15.7. The highest BCUT2D eigenvalue weighted by Crippen LogP contribution is 2.41. The first-order chi connectivity index (χ1) is 19.0. The number of carbonyl (C=O) groups excluding carboxylic acids is 1. The lowest BCUT2D eigenvalue weighted by molar-refractivity contribution is -0.184. The second-order valence-electron chi connectivity index (χ2n) is 11.0. The molecule has 0 bridgehead atoms. The first-order valence-corrected chi connectivity index (χ1v) is 15.8. The molecule has 0 radical (unpaired) electrons. The molecule has 1 saturated carbocycles. The van der Waals surface area contributed by atoms with E-state index in [9.17, 15) is 31.5 Å². The third-order valence-electron chi connectivity index (χ3n) is 8.57. The minimum atomic E-state index is -4.09. The predicted octanol–water partition coefficient (Wildman–Crippen LogP) is 5.62. The van der Waals surface area contributed by atoms with E-state index in [1.807, 2.05) is 12.1 Å². The first kappa shape index (κ1) is 30.5. The van der Waals surface area contributed by atoms with Gasteiger partial charge in [-0.25, -0.2) is 8.42 Å². The van der Waals surface area contributed by atoms with Crippen molar-refractivity contribution in [2.75, 3.05) is 25.4 Å². The van der Waals surface area contributed by atoms with Crippen molar-refractivity contribution >= 4 is 15.7 Å². The maximum atomic E-state index is 13.1. The number of amides is 1. The average molecular weight is 581 g/mol. The Morgan fingerprint density at radius 1 is 1.07 bits per heavy atom. The van der Waals surface area contributed by atoms with Crippen LogP contribution < -0.4 is 5.32 Å². The van der Waals surface area contributed by atoms with E-state index in [1.54, 1.807) is 25.1 Å². The molecule has 2 aromatic carbocycles. The van der Waals surface area contributed by atoms with Crippen molar-refractivity contribution in [2.24, 2.45) is 11.8 Å². The standard InChI is InChI=1S/C30H39F3N2O4S/c1-3-28-26-14-9-23(29(37)34-27(19-36)21-7-12-25(13-8-21)40(38,39)4-2)17-22(26)15-16-35(28)18-20-5-10-24(11-6-20)30(31,32)33/h7-9,12-14,17,20,24,27-28,36H,3-6,10-11,15-16,18-19H2,1-2H3,(H,34,37). The van der Waals surface area contributed by atoms with E-state index >= 15 is 0 Å². The van der Waals surface area contributed by atoms with Gasteiger partial charge in [0, 0.05) is 24.7 Å². The van der Waals surface area contributed by atoms with Gasteiger partial charge in [0.25, 0.3) is 5.91 Å². The molecule has 40 heavy (non-hydrogen) atoms. The van der Waals surface area contributed by atoms with Gasteiger partial charge in [0.2, 0.25) is 0 Å². The Bertz CT molecular complexity index is 1270. The molecule has 0 spiro atoms. The molecular formula is C30H39F3N2O4S. The largest absolute Gasteiger partial charge is 0.394 e. The molecule has 1 amide bonds. The number of fused-ring (bicyclic) bond motifs is 1. The molecule has 2 N–H and O–H groups in total. The Kier molecular flexibility index (Phi) is 9.62. The summed E-state index contributed by atoms with van der Waals surface area (Å²) in [5.41, 5.74) is 3.33. The Morgan fingerprint density at radius 3 is 2.33 bits per heavy atom. The van der Waals surface area contributed by atoms with Gasteiger partial charge >= 0.3 is 6.18 Å². The molecule has 2 atom stereocenters. The molecule has 0 aromatic heterocycles. The van der Waals surface area contributed by atoms with Gasteiger partial charge in [-0.1, -0.05) is 32.0 Å². The Balaban J connectivity index is 1.41. The summed E-state index contributed by atoms with van der Waals surface area (Å²) >= 11 is 0. The molecule has 1 heterocycles. The van der Waals surface area contributed by atoms with Crippen LogP contribution in [0.5, 0.6) is 0 Å². The molecule has 2 aromatic rings. The third-order valence-corrected chi connectivity index (χ3v) is 10.3. The van der Waals surface area contributed by atoms with E-state index in [-0.39, 0.29) is 48.0 Å². The van der Waals surface area contributed by atoms with Crippen molar-refractivity contribution in [1.82, 2.24) is 10.2 Å². The molecule has 1 fully saturated rings. The van der Waals surface area contributed by atoms with Crippen LogP contribution in [0.1, 0.15) is 85.1 Å². The SMILES string of the molecule is CCC1c2ccc(C(=O)NC(CO)c3ccc(S(=O)(=O)CC)cc3)cc2CCN1CC1CCC(C(F)(F)F)CC1. The van der Waals surface area contributed by atoms with Gasteiger partial charge in [-0.15, -0.1) is 0 Å². The number of aliphatic hydroxyl groups is 1. The highest BCUT2D eigenvalue weighted by Gasteiger charge is 2.42. The number of hydrogen-bond acceptors (Lipinski definition) is 5. The number of nitrogens with zero attached hydrogens (tertiary/aromatic N) is 1. The van der Waals surface area contributed by atoms with Crippen molar-refractivity contribution in [3.05, 3.63) is 64.7 Å². The Hall–Kier alpha value is -2.43. The van der Waals surface area contributed by atoms with Gasteiger partial charge in [0.1, 0.15) is 0 Å². The summed E-state index contributed by atoms with van der Waals surface area (Å²) < 4.78 is 63.4. The van der Waals surface area contributed by atoms with E-state index in [1.165, 1.54) is 12.1 Å². The topological polar surface area (TPSA) is 86.7 Å². The van der Waals surface area contributed by atoms with E-state index < -0.39 is 28.0 Å². The molecule has 10 heteroatoms. The number of alkyl halides is 3. The monoisotopic (exact) mass is 580 g/mol. The van der Waals surface area contributed by atoms with Crippen molar-refractivity contribution in [2.45, 2.75) is 75.5 Å². The van der Waals surface area contributed by atoms with Crippen LogP contribution in [0.15, 0.2) is 47.4 Å². The lowest BCUT2D eigenvalue weighted by Crippen LogP contribution is -2.40. The fourth-order valence-corrected chi connectivity index (χ4v) is 7.04. The van der Waals surface area contributed by atoms with Gasteiger partial charge in [-0.05, 0) is 85.4 Å². The van der Waals surface area contributed by atoms with Crippen molar-refractivity contribution < 1.29 is 31.5 Å². The van der Waals surface area contributed by atoms with Gasteiger partial charge < -0.3 is 10.4 Å². The van der Waals surface area contributed by atoms with Crippen LogP contribution >= 0.6 is 0 Å². The number of carbonyl (C=O) groups is 1. The molecule has 0 saturated heterocycles. The zero-order valence-electron chi connectivity index (χ0n) is 23.1. The summed E-state index contributed by atoms with van der Waals surface area (Å²) in [5.74, 6) is -1.24. The summed E-state index contributed by atoms with van der Waals surface area (Å²) in [7, 11) is -3.34. The number of hydrogen-bond donors (Lipinski definition) is 2. The number of sulfone groups is 1. The molecule has 1 aliphatic heterocycles. The molecule has 2 unspecified atom stereocenters. The van der Waals surface area contributed by atoms with Gasteiger partial charge in [-0.3, -0.25) is 9.69 Å². The molecule has 4 rings (SSSR count). The highest BCUT2D eigenvalue weighted by molar-refractivity contribution is 7.91. The van der Waals surface area contributed by atoms with E-state index in [2.05, 4.69) is 17.1 Å². The Morgan fingerprint density at radius 2 is 1.75 bits per heavy atom. The molecule has 220 valence electrons. The quantitative estimate of drug-likeness (QED) is 0.402. The van der Waals surface area contributed by atoms with Crippen molar-refractivity contribution in [3.63, 3.8) is 0 Å². The minimum Gasteiger partial charge on any atom is -0.394 e. The molecule has 1 aliphatic carbocycles. The van der Waals surface area contributed by atoms with Gasteiger partial charge in [-0.2, -0.15) is 13.2 Å². The van der Waals surface area contributed by atoms with Crippen LogP contribution in [0.4, 0.5) is 13.2 Å². The average Bonchev–Trinajstić information content (AvgIpc) is 2.95. The van der Waals surface area contributed by atoms with Crippen LogP contribution in [0, 0.1) is 11.8 Å². The molecular weight excluding hydrogens is 541 g/mol. The van der Waals surface area contributed by atoms with Crippen LogP contribution in [0.3, 0.4) is 0 Å². The number of nitrogens with one attached hydrogen (secondary N) is 1. The summed E-state index contributed by atoms with van der Waals surface area (Å²) in [5, 5.41) is 12.8. The normalized spacial score (nSPS) is 22.9. The van der Waals surface area contributed by atoms with Crippen LogP contribution in [0.2, 0.25) is 0 Å². The fourth-order valence-electron chi connectivity index (χ4n) is 6.16. The van der Waals surface area contributed by atoms with Gasteiger partial charge in [0.15, 0.2) is 9.84 Å². The molecule has 2 aliphatic rings. The molecule has 6 nitrogen and oxygen atoms in total. The summed E-state index contributed by atoms with van der Waals surface area (Å²) in [6.07, 6.45) is -0.840. The number of aliphatic hydroxyl groups excluding tert-OH is 1. The van der Waals surface area contributed by atoms with Crippen molar-refractivity contribution in [1.29, 1.82) is 0 Å². The second kappa shape index (κ2) is 12.6. The zero-order chi connectivity index (χ0) is 29.1. The van der Waals surface area contributed by atoms with E-state index in [0.717, 1.165) is 37.1 Å². The van der Waals surface area contributed by atoms with E-state index in [0.29, 0.717) is 24.0 Å². The fraction of sp³-hybridized carbons (Fsp3) is 0.567. The minimum absolute atomic E-state index is 0.00947. The third kappa shape index (κ3) is 6.89. The lowest BCUT2D eigenvalue weighted by Gasteiger charge is -2.40. The van der Waals surface area contributed by atoms with Crippen LogP contribution in [-0.2, 0) is 16.3 Å². The number of halogens is 3. The van der Waals surface area contributed by atoms with Crippen molar-refractivity contribution in [3.8, 4) is 0 Å². The lowest BCUT2D eigenvalue weighted by atomic mass is 9.80. The smallest absolute Gasteiger partial charge is 0.391 e. The van der Waals surface area contributed by atoms with Crippen LogP contribution in [-0.4, -0.2) is 56.0 Å². The number of rotatable bonds is 9. The number of benzene rings is 2. The summed E-state index contributed by atoms with van der Waals surface area (Å²) in [6, 6.07) is 11.3. The summed E-state index contributed by atoms with van der Waals surface area (Å²) in [6.45, 7) is 4.93. The maximum absolute atomic E-state index is 13.1. The van der Waals surface area contributed by atoms with Gasteiger partial charge in [0.05, 0.1) is 29.2 Å². The predicted molar refractivity (Wildman–Crippen MR) is 148 cm³/mol. The second-order valence-corrected chi connectivity index (χ2v) is 13.3. The van der Waals surface area contributed by atoms with Crippen LogP contribution in [0.25, 0.3) is 0 Å². The first-order valence-electron chi connectivity index (χ1n) is 14.1. The Labute approximate surface area is 234 Å². The maximum Gasteiger partial charge on any atom is 0.391 e. The highest BCUT2D eigenvalue weighted by atomic mass is 32.2. The zero-order valence-corrected chi connectivity index (χ0v) is 23.9. The van der Waals surface area contributed by atoms with E-state index in [4.69, 9.17) is 0 Å².